The SMILES string of the molecule is COc1ccnc(N2CCN(C(=O)NC(C)c3ccc(C)o3)CC2)n1. The Morgan fingerprint density at radius 1 is 1.28 bits per heavy atom. The summed E-state index contributed by atoms with van der Waals surface area (Å²) < 4.78 is 10.7. The van der Waals surface area contributed by atoms with Crippen LogP contribution >= 0.6 is 0 Å². The molecule has 1 saturated heterocycles. The minimum atomic E-state index is -0.166. The summed E-state index contributed by atoms with van der Waals surface area (Å²) >= 11 is 0. The fraction of sp³-hybridized carbons (Fsp3) is 0.471. The summed E-state index contributed by atoms with van der Waals surface area (Å²) in [5.74, 6) is 2.75. The Morgan fingerprint density at radius 2 is 2.04 bits per heavy atom. The zero-order chi connectivity index (χ0) is 17.8. The lowest BCUT2D eigenvalue weighted by atomic mass is 10.2. The van der Waals surface area contributed by atoms with Crippen LogP contribution < -0.4 is 15.0 Å². The number of rotatable bonds is 4. The second-order valence-electron chi connectivity index (χ2n) is 5.99. The number of amides is 2. The third-order valence-electron chi connectivity index (χ3n) is 4.20. The number of anilines is 1. The number of hydrogen-bond donors (Lipinski definition) is 1. The van der Waals surface area contributed by atoms with Gasteiger partial charge in [-0.15, -0.1) is 0 Å². The molecule has 3 heterocycles. The molecular formula is C17H23N5O3. The van der Waals surface area contributed by atoms with Crippen molar-refractivity contribution in [3.63, 3.8) is 0 Å². The highest BCUT2D eigenvalue weighted by molar-refractivity contribution is 5.75. The van der Waals surface area contributed by atoms with E-state index in [1.54, 1.807) is 24.3 Å². The van der Waals surface area contributed by atoms with Crippen LogP contribution in [0, 0.1) is 6.92 Å². The van der Waals surface area contributed by atoms with Gasteiger partial charge in [0.15, 0.2) is 0 Å². The highest BCUT2D eigenvalue weighted by Gasteiger charge is 2.24. The van der Waals surface area contributed by atoms with E-state index < -0.39 is 0 Å². The van der Waals surface area contributed by atoms with Gasteiger partial charge in [-0.2, -0.15) is 4.98 Å². The van der Waals surface area contributed by atoms with Gasteiger partial charge in [0.05, 0.1) is 13.2 Å². The number of nitrogens with zero attached hydrogens (tertiary/aromatic N) is 4. The number of aryl methyl sites for hydroxylation is 1. The molecule has 3 rings (SSSR count). The van der Waals surface area contributed by atoms with Crippen molar-refractivity contribution in [2.75, 3.05) is 38.2 Å². The summed E-state index contributed by atoms with van der Waals surface area (Å²) in [6, 6.07) is 5.24. The number of urea groups is 1. The van der Waals surface area contributed by atoms with Gasteiger partial charge in [-0.25, -0.2) is 9.78 Å². The molecule has 1 unspecified atom stereocenters. The number of hydrogen-bond acceptors (Lipinski definition) is 6. The topological polar surface area (TPSA) is 83.7 Å². The van der Waals surface area contributed by atoms with E-state index >= 15 is 0 Å². The molecule has 2 aromatic heterocycles. The van der Waals surface area contributed by atoms with Crippen molar-refractivity contribution >= 4 is 12.0 Å². The van der Waals surface area contributed by atoms with Crippen LogP contribution in [0.4, 0.5) is 10.7 Å². The second-order valence-corrected chi connectivity index (χ2v) is 5.99. The molecule has 0 aromatic carbocycles. The first-order chi connectivity index (χ1) is 12.1. The molecule has 2 amide bonds. The molecular weight excluding hydrogens is 322 g/mol. The highest BCUT2D eigenvalue weighted by atomic mass is 16.5. The Balaban J connectivity index is 1.53. The van der Waals surface area contributed by atoms with Crippen molar-refractivity contribution in [1.29, 1.82) is 0 Å². The molecule has 1 atom stereocenters. The minimum Gasteiger partial charge on any atom is -0.481 e. The zero-order valence-electron chi connectivity index (χ0n) is 14.7. The Hall–Kier alpha value is -2.77. The predicted molar refractivity (Wildman–Crippen MR) is 92.8 cm³/mol. The molecule has 0 radical (unpaired) electrons. The maximum absolute atomic E-state index is 12.4. The maximum Gasteiger partial charge on any atom is 0.318 e. The molecule has 1 N–H and O–H groups in total. The summed E-state index contributed by atoms with van der Waals surface area (Å²) in [6.45, 7) is 6.37. The van der Waals surface area contributed by atoms with Crippen LogP contribution in [0.3, 0.4) is 0 Å². The number of nitrogens with one attached hydrogen (secondary N) is 1. The number of carbonyl (C=O) groups is 1. The Morgan fingerprint density at radius 3 is 2.68 bits per heavy atom. The average molecular weight is 345 g/mol. The molecule has 1 aliphatic heterocycles. The number of aromatic nitrogens is 2. The first-order valence-corrected chi connectivity index (χ1v) is 8.30. The molecule has 1 fully saturated rings. The third kappa shape index (κ3) is 4.01. The molecule has 8 heteroatoms. The molecule has 8 nitrogen and oxygen atoms in total. The van der Waals surface area contributed by atoms with Crippen molar-refractivity contribution in [3.8, 4) is 5.88 Å². The lowest BCUT2D eigenvalue weighted by molar-refractivity contribution is 0.189. The van der Waals surface area contributed by atoms with Crippen LogP contribution in [-0.2, 0) is 0 Å². The molecule has 0 saturated carbocycles. The van der Waals surface area contributed by atoms with Gasteiger partial charge < -0.3 is 24.3 Å². The van der Waals surface area contributed by atoms with Gasteiger partial charge in [0.25, 0.3) is 0 Å². The van der Waals surface area contributed by atoms with E-state index in [1.807, 2.05) is 30.9 Å². The van der Waals surface area contributed by atoms with Crippen LogP contribution in [0.15, 0.2) is 28.8 Å². The van der Waals surface area contributed by atoms with E-state index in [0.717, 1.165) is 11.5 Å². The van der Waals surface area contributed by atoms with Gasteiger partial charge in [-0.05, 0) is 26.0 Å². The molecule has 0 aliphatic carbocycles. The van der Waals surface area contributed by atoms with E-state index in [4.69, 9.17) is 9.15 Å². The highest BCUT2D eigenvalue weighted by Crippen LogP contribution is 2.17. The fourth-order valence-electron chi connectivity index (χ4n) is 2.74. The zero-order valence-corrected chi connectivity index (χ0v) is 14.7. The lowest BCUT2D eigenvalue weighted by Crippen LogP contribution is -2.52. The van der Waals surface area contributed by atoms with Crippen LogP contribution in [0.5, 0.6) is 5.88 Å². The summed E-state index contributed by atoms with van der Waals surface area (Å²) in [6.07, 6.45) is 1.67. The number of furan rings is 1. The molecule has 2 aromatic rings. The van der Waals surface area contributed by atoms with E-state index in [9.17, 15) is 4.79 Å². The fourth-order valence-corrected chi connectivity index (χ4v) is 2.74. The summed E-state index contributed by atoms with van der Waals surface area (Å²) in [7, 11) is 1.58. The molecule has 25 heavy (non-hydrogen) atoms. The van der Waals surface area contributed by atoms with Crippen molar-refractivity contribution < 1.29 is 13.9 Å². The molecule has 1 aliphatic rings. The third-order valence-corrected chi connectivity index (χ3v) is 4.20. The van der Waals surface area contributed by atoms with Gasteiger partial charge in [-0.3, -0.25) is 0 Å². The van der Waals surface area contributed by atoms with E-state index in [-0.39, 0.29) is 12.1 Å². The monoisotopic (exact) mass is 345 g/mol. The largest absolute Gasteiger partial charge is 0.481 e. The van der Waals surface area contributed by atoms with Gasteiger partial charge in [0, 0.05) is 38.4 Å². The Bertz CT molecular complexity index is 725. The Kier molecular flexibility index (Phi) is 5.06. The first kappa shape index (κ1) is 17.1. The van der Waals surface area contributed by atoms with Crippen LogP contribution in [0.2, 0.25) is 0 Å². The summed E-state index contributed by atoms with van der Waals surface area (Å²) in [4.78, 5) is 24.9. The van der Waals surface area contributed by atoms with Gasteiger partial charge in [0.2, 0.25) is 11.8 Å². The van der Waals surface area contributed by atoms with Crippen molar-refractivity contribution in [3.05, 3.63) is 35.9 Å². The second kappa shape index (κ2) is 7.42. The van der Waals surface area contributed by atoms with E-state index in [1.165, 1.54) is 0 Å². The van der Waals surface area contributed by atoms with E-state index in [2.05, 4.69) is 15.3 Å². The van der Waals surface area contributed by atoms with Crippen LogP contribution in [0.1, 0.15) is 24.5 Å². The number of piperazine rings is 1. The van der Waals surface area contributed by atoms with Crippen molar-refractivity contribution in [2.45, 2.75) is 19.9 Å². The Labute approximate surface area is 146 Å². The van der Waals surface area contributed by atoms with Crippen molar-refractivity contribution in [2.24, 2.45) is 0 Å². The number of methoxy groups -OCH3 is 1. The lowest BCUT2D eigenvalue weighted by Gasteiger charge is -2.35. The summed E-state index contributed by atoms with van der Waals surface area (Å²) in [5.41, 5.74) is 0. The van der Waals surface area contributed by atoms with Gasteiger partial charge in [0.1, 0.15) is 11.5 Å². The normalized spacial score (nSPS) is 15.8. The van der Waals surface area contributed by atoms with Gasteiger partial charge in [-0.1, -0.05) is 0 Å². The van der Waals surface area contributed by atoms with Crippen molar-refractivity contribution in [1.82, 2.24) is 20.2 Å². The van der Waals surface area contributed by atoms with Gasteiger partial charge >= 0.3 is 6.03 Å². The smallest absolute Gasteiger partial charge is 0.318 e. The minimum absolute atomic E-state index is 0.0900. The van der Waals surface area contributed by atoms with E-state index in [0.29, 0.717) is 38.0 Å². The average Bonchev–Trinajstić information content (AvgIpc) is 3.08. The van der Waals surface area contributed by atoms with Crippen LogP contribution in [0.25, 0.3) is 0 Å². The quantitative estimate of drug-likeness (QED) is 0.912. The first-order valence-electron chi connectivity index (χ1n) is 8.30. The number of carbonyl (C=O) groups excluding carboxylic acids is 1. The predicted octanol–water partition coefficient (Wildman–Crippen LogP) is 1.98. The molecule has 134 valence electrons. The molecule has 0 spiro atoms. The maximum atomic E-state index is 12.4. The van der Waals surface area contributed by atoms with Crippen LogP contribution in [-0.4, -0.2) is 54.2 Å². The standard InChI is InChI=1S/C17H23N5O3/c1-12-4-5-14(25-12)13(2)19-17(23)22-10-8-21(9-11-22)16-18-7-6-15(20-16)24-3/h4-7,13H,8-11H2,1-3H3,(H,19,23). The molecule has 0 bridgehead atoms. The number of ether oxygens (including phenoxy) is 1. The summed E-state index contributed by atoms with van der Waals surface area (Å²) in [5, 5.41) is 2.98.